The molecule has 1 radical (unpaired) electrons. The summed E-state index contributed by atoms with van der Waals surface area (Å²) in [6.07, 6.45) is 5.50. The second kappa shape index (κ2) is 3.64. The minimum atomic E-state index is 0.429. The van der Waals surface area contributed by atoms with Crippen molar-refractivity contribution in [3.8, 4) is 11.1 Å². The van der Waals surface area contributed by atoms with E-state index in [1.807, 2.05) is 0 Å². The van der Waals surface area contributed by atoms with Crippen molar-refractivity contribution in [1.29, 1.82) is 0 Å². The lowest BCUT2D eigenvalue weighted by Crippen LogP contribution is -1.89. The number of hydrogen-bond donors (Lipinski definition) is 0. The van der Waals surface area contributed by atoms with Crippen LogP contribution in [0.2, 0.25) is 0 Å². The molecule has 0 spiro atoms. The molecule has 2 aromatic rings. The van der Waals surface area contributed by atoms with Gasteiger partial charge in [-0.1, -0.05) is 55.5 Å². The third-order valence-electron chi connectivity index (χ3n) is 3.17. The zero-order chi connectivity index (χ0) is 11.0. The zero-order valence-electron chi connectivity index (χ0n) is 9.27. The molecule has 0 heteroatoms. The molecule has 0 N–H and O–H groups in total. The summed E-state index contributed by atoms with van der Waals surface area (Å²) in [5, 5.41) is 0. The van der Waals surface area contributed by atoms with Gasteiger partial charge in [-0.3, -0.25) is 0 Å². The summed E-state index contributed by atoms with van der Waals surface area (Å²) in [6, 6.07) is 17.1. The second-order valence-corrected chi connectivity index (χ2v) is 4.21. The molecule has 3 rings (SSSR count). The Morgan fingerprint density at radius 2 is 1.75 bits per heavy atom. The Kier molecular flexibility index (Phi) is 2.14. The first-order valence-corrected chi connectivity index (χ1v) is 5.64. The number of benzene rings is 2. The Morgan fingerprint density at radius 1 is 0.938 bits per heavy atom. The predicted molar refractivity (Wildman–Crippen MR) is 68.0 cm³/mol. The van der Waals surface area contributed by atoms with Gasteiger partial charge in [0.1, 0.15) is 0 Å². The van der Waals surface area contributed by atoms with Crippen molar-refractivity contribution in [2.45, 2.75) is 12.8 Å². The summed E-state index contributed by atoms with van der Waals surface area (Å²) in [6.45, 7) is 2.19. The molecule has 0 fully saturated rings. The molecular weight excluding hydrogens is 192 g/mol. The van der Waals surface area contributed by atoms with Crippen LogP contribution in [-0.2, 0) is 0 Å². The topological polar surface area (TPSA) is 0 Å². The zero-order valence-corrected chi connectivity index (χ0v) is 9.27. The Hall–Kier alpha value is -1.82. The molecule has 0 amide bonds. The van der Waals surface area contributed by atoms with E-state index in [-0.39, 0.29) is 0 Å². The first-order chi connectivity index (χ1) is 7.86. The van der Waals surface area contributed by atoms with Crippen molar-refractivity contribution in [1.82, 2.24) is 0 Å². The normalized spacial score (nSPS) is 17.4. The molecule has 0 heterocycles. The molecule has 0 nitrogen and oxygen atoms in total. The van der Waals surface area contributed by atoms with Crippen molar-refractivity contribution in [2.75, 3.05) is 0 Å². The predicted octanol–water partition coefficient (Wildman–Crippen LogP) is 4.29. The fourth-order valence-corrected chi connectivity index (χ4v) is 2.29. The molecule has 1 atom stereocenters. The maximum atomic E-state index is 3.37. The number of fused-ring (bicyclic) bond motifs is 1. The highest BCUT2D eigenvalue weighted by Crippen LogP contribution is 2.35. The minimum Gasteiger partial charge on any atom is -0.0622 e. The molecule has 0 saturated carbocycles. The molecule has 77 valence electrons. The second-order valence-electron chi connectivity index (χ2n) is 4.21. The van der Waals surface area contributed by atoms with Crippen LogP contribution in [0.1, 0.15) is 24.0 Å². The molecule has 1 aliphatic rings. The van der Waals surface area contributed by atoms with E-state index < -0.39 is 0 Å². The van der Waals surface area contributed by atoms with E-state index in [1.165, 1.54) is 22.3 Å². The van der Waals surface area contributed by atoms with E-state index in [0.717, 1.165) is 0 Å². The highest BCUT2D eigenvalue weighted by Gasteiger charge is 2.16. The van der Waals surface area contributed by atoms with Gasteiger partial charge in [0.25, 0.3) is 0 Å². The Labute approximate surface area is 96.3 Å². The number of rotatable bonds is 1. The van der Waals surface area contributed by atoms with E-state index in [9.17, 15) is 0 Å². The average Bonchev–Trinajstić information content (AvgIpc) is 2.73. The summed E-state index contributed by atoms with van der Waals surface area (Å²) in [7, 11) is 0. The van der Waals surface area contributed by atoms with Gasteiger partial charge in [0, 0.05) is 5.92 Å². The van der Waals surface area contributed by atoms with Crippen LogP contribution < -0.4 is 0 Å². The summed E-state index contributed by atoms with van der Waals surface area (Å²) in [5.74, 6) is 0.429. The van der Waals surface area contributed by atoms with Crippen molar-refractivity contribution < 1.29 is 0 Å². The van der Waals surface area contributed by atoms with Crippen LogP contribution >= 0.6 is 0 Å². The highest BCUT2D eigenvalue weighted by molar-refractivity contribution is 5.79. The van der Waals surface area contributed by atoms with Gasteiger partial charge in [0.15, 0.2) is 0 Å². The summed E-state index contributed by atoms with van der Waals surface area (Å²) in [4.78, 5) is 0. The standard InChI is InChI=1S/C16H13/c1-12-10-11-16-14(12)8-5-9-15(16)13-6-3-2-4-7-13/h2-9,11-12H,1H3. The first-order valence-electron chi connectivity index (χ1n) is 5.64. The lowest BCUT2D eigenvalue weighted by atomic mass is 9.95. The third kappa shape index (κ3) is 1.38. The van der Waals surface area contributed by atoms with E-state index in [2.05, 4.69) is 67.6 Å². The van der Waals surface area contributed by atoms with Crippen LogP contribution in [0.4, 0.5) is 0 Å². The van der Waals surface area contributed by atoms with Gasteiger partial charge in [-0.05, 0) is 34.4 Å². The van der Waals surface area contributed by atoms with Gasteiger partial charge >= 0.3 is 0 Å². The Morgan fingerprint density at radius 3 is 2.56 bits per heavy atom. The van der Waals surface area contributed by atoms with Gasteiger partial charge in [-0.2, -0.15) is 0 Å². The third-order valence-corrected chi connectivity index (χ3v) is 3.17. The fraction of sp³-hybridized carbons (Fsp3) is 0.125. The number of allylic oxidation sites excluding steroid dienone is 1. The van der Waals surface area contributed by atoms with Crippen LogP contribution in [0.25, 0.3) is 17.2 Å². The lowest BCUT2D eigenvalue weighted by Gasteiger charge is -2.09. The molecule has 0 saturated heterocycles. The van der Waals surface area contributed by atoms with Crippen LogP contribution in [0.3, 0.4) is 0 Å². The van der Waals surface area contributed by atoms with E-state index in [1.54, 1.807) is 0 Å². The van der Waals surface area contributed by atoms with Gasteiger partial charge in [0.2, 0.25) is 0 Å². The van der Waals surface area contributed by atoms with Crippen molar-refractivity contribution >= 4 is 6.08 Å². The van der Waals surface area contributed by atoms with Gasteiger partial charge in [-0.25, -0.2) is 0 Å². The van der Waals surface area contributed by atoms with Gasteiger partial charge < -0.3 is 0 Å². The van der Waals surface area contributed by atoms with Gasteiger partial charge in [0.05, 0.1) is 0 Å². The SMILES string of the molecule is CC1[C]=Cc2c(-c3ccccc3)cccc21. The Bertz CT molecular complexity index is 535. The van der Waals surface area contributed by atoms with E-state index in [0.29, 0.717) is 5.92 Å². The maximum Gasteiger partial charge on any atom is 0.00703 e. The minimum absolute atomic E-state index is 0.429. The van der Waals surface area contributed by atoms with E-state index >= 15 is 0 Å². The summed E-state index contributed by atoms with van der Waals surface area (Å²) in [5.41, 5.74) is 5.32. The highest BCUT2D eigenvalue weighted by atomic mass is 14.2. The average molecular weight is 205 g/mol. The lowest BCUT2D eigenvalue weighted by molar-refractivity contribution is 0.966. The van der Waals surface area contributed by atoms with Crippen LogP contribution in [-0.4, -0.2) is 0 Å². The molecule has 16 heavy (non-hydrogen) atoms. The number of hydrogen-bond acceptors (Lipinski definition) is 0. The maximum absolute atomic E-state index is 3.37. The van der Waals surface area contributed by atoms with Gasteiger partial charge in [-0.15, -0.1) is 0 Å². The van der Waals surface area contributed by atoms with Crippen molar-refractivity contribution in [3.05, 3.63) is 65.7 Å². The van der Waals surface area contributed by atoms with E-state index in [4.69, 9.17) is 0 Å². The van der Waals surface area contributed by atoms with Crippen molar-refractivity contribution in [2.24, 2.45) is 0 Å². The fourth-order valence-electron chi connectivity index (χ4n) is 2.29. The summed E-state index contributed by atoms with van der Waals surface area (Å²) >= 11 is 0. The first kappa shape index (κ1) is 9.41. The quantitative estimate of drug-likeness (QED) is 0.651. The molecular formula is C16H13. The molecule has 2 aromatic carbocycles. The van der Waals surface area contributed by atoms with Crippen LogP contribution in [0.15, 0.2) is 48.5 Å². The largest absolute Gasteiger partial charge is 0.0622 e. The smallest absolute Gasteiger partial charge is 0.00703 e. The van der Waals surface area contributed by atoms with Crippen LogP contribution in [0, 0.1) is 6.08 Å². The molecule has 0 aromatic heterocycles. The molecule has 0 bridgehead atoms. The Balaban J connectivity index is 2.21. The molecule has 0 aliphatic heterocycles. The monoisotopic (exact) mass is 205 g/mol. The summed E-state index contributed by atoms with van der Waals surface area (Å²) < 4.78 is 0. The molecule has 1 unspecified atom stereocenters. The molecule has 1 aliphatic carbocycles. The van der Waals surface area contributed by atoms with Crippen molar-refractivity contribution in [3.63, 3.8) is 0 Å². The van der Waals surface area contributed by atoms with Crippen LogP contribution in [0.5, 0.6) is 0 Å².